The zero-order valence-corrected chi connectivity index (χ0v) is 14.3. The summed E-state index contributed by atoms with van der Waals surface area (Å²) in [6.07, 6.45) is 1.52. The van der Waals surface area contributed by atoms with E-state index in [0.29, 0.717) is 22.2 Å². The largest absolute Gasteiger partial charge is 0.289 e. The molecule has 0 aliphatic heterocycles. The molecule has 3 rings (SSSR count). The predicted molar refractivity (Wildman–Crippen MR) is 94.7 cm³/mol. The molecule has 1 aromatic heterocycles. The number of benzene rings is 2. The molecule has 5 nitrogen and oxygen atoms in total. The molecule has 3 aromatic rings. The molecular weight excluding hydrogens is 347 g/mol. The van der Waals surface area contributed by atoms with Crippen molar-refractivity contribution in [3.63, 3.8) is 0 Å². The van der Waals surface area contributed by atoms with Crippen LogP contribution in [0.1, 0.15) is 21.5 Å². The minimum atomic E-state index is -0.261. The van der Waals surface area contributed by atoms with Gasteiger partial charge in [0.1, 0.15) is 6.33 Å². The highest BCUT2D eigenvalue weighted by molar-refractivity contribution is 6.35. The van der Waals surface area contributed by atoms with Crippen LogP contribution in [0.25, 0.3) is 0 Å². The third-order valence-electron chi connectivity index (χ3n) is 3.46. The van der Waals surface area contributed by atoms with Crippen molar-refractivity contribution < 1.29 is 4.79 Å². The van der Waals surface area contributed by atoms with E-state index in [-0.39, 0.29) is 11.9 Å². The number of nitrogens with zero attached hydrogens (tertiary/aromatic N) is 3. The second-order valence-electron chi connectivity index (χ2n) is 5.29. The first kappa shape index (κ1) is 16.5. The van der Waals surface area contributed by atoms with Gasteiger partial charge in [-0.1, -0.05) is 47.0 Å². The van der Waals surface area contributed by atoms with E-state index in [1.807, 2.05) is 19.1 Å². The fourth-order valence-electron chi connectivity index (χ4n) is 2.15. The Morgan fingerprint density at radius 1 is 1.12 bits per heavy atom. The summed E-state index contributed by atoms with van der Waals surface area (Å²) >= 11 is 12.3. The van der Waals surface area contributed by atoms with E-state index in [4.69, 9.17) is 23.2 Å². The summed E-state index contributed by atoms with van der Waals surface area (Å²) in [4.78, 5) is 16.2. The van der Waals surface area contributed by atoms with Crippen LogP contribution in [0.4, 0.5) is 5.95 Å². The number of nitrogens with one attached hydrogen (secondary N) is 1. The molecule has 7 heteroatoms. The van der Waals surface area contributed by atoms with Gasteiger partial charge in [0, 0.05) is 21.2 Å². The summed E-state index contributed by atoms with van der Waals surface area (Å²) in [5, 5.41) is 8.01. The van der Waals surface area contributed by atoms with Crippen LogP contribution < -0.4 is 5.32 Å². The first-order chi connectivity index (χ1) is 11.5. The Morgan fingerprint density at radius 2 is 1.79 bits per heavy atom. The van der Waals surface area contributed by atoms with Gasteiger partial charge in [0.2, 0.25) is 5.95 Å². The highest BCUT2D eigenvalue weighted by Crippen LogP contribution is 2.24. The number of aromatic nitrogens is 3. The number of halogens is 2. The first-order valence-corrected chi connectivity index (χ1v) is 7.99. The summed E-state index contributed by atoms with van der Waals surface area (Å²) in [5.41, 5.74) is 2.39. The molecule has 122 valence electrons. The highest BCUT2D eigenvalue weighted by Gasteiger charge is 2.11. The van der Waals surface area contributed by atoms with Crippen molar-refractivity contribution in [1.29, 1.82) is 0 Å². The Balaban J connectivity index is 1.71. The fraction of sp³-hybridized carbons (Fsp3) is 0.118. The lowest BCUT2D eigenvalue weighted by atomic mass is 10.1. The summed E-state index contributed by atoms with van der Waals surface area (Å²) in [5.74, 6) is -0.0349. The van der Waals surface area contributed by atoms with Crippen LogP contribution in [0.15, 0.2) is 48.8 Å². The molecule has 0 spiro atoms. The van der Waals surface area contributed by atoms with Gasteiger partial charge in [-0.3, -0.25) is 10.1 Å². The predicted octanol–water partition coefficient (Wildman–Crippen LogP) is 4.19. The lowest BCUT2D eigenvalue weighted by Gasteiger charge is -2.06. The third-order valence-corrected chi connectivity index (χ3v) is 4.17. The normalized spacial score (nSPS) is 10.6. The zero-order chi connectivity index (χ0) is 17.1. The molecule has 0 fully saturated rings. The second-order valence-corrected chi connectivity index (χ2v) is 6.10. The van der Waals surface area contributed by atoms with Gasteiger partial charge < -0.3 is 0 Å². The molecule has 0 unspecified atom stereocenters. The summed E-state index contributed by atoms with van der Waals surface area (Å²) in [7, 11) is 0. The molecule has 0 saturated heterocycles. The van der Waals surface area contributed by atoms with Gasteiger partial charge in [-0.15, -0.1) is 5.10 Å². The van der Waals surface area contributed by atoms with Crippen LogP contribution in [-0.2, 0) is 6.54 Å². The topological polar surface area (TPSA) is 59.8 Å². The quantitative estimate of drug-likeness (QED) is 0.758. The Kier molecular flexibility index (Phi) is 4.83. The number of hydrogen-bond acceptors (Lipinski definition) is 3. The van der Waals surface area contributed by atoms with E-state index in [0.717, 1.165) is 11.1 Å². The maximum atomic E-state index is 12.2. The number of hydrogen-bond donors (Lipinski definition) is 1. The summed E-state index contributed by atoms with van der Waals surface area (Å²) < 4.78 is 1.57. The van der Waals surface area contributed by atoms with Crippen molar-refractivity contribution in [2.75, 3.05) is 5.32 Å². The van der Waals surface area contributed by atoms with E-state index in [1.54, 1.807) is 35.0 Å². The Labute approximate surface area is 149 Å². The van der Waals surface area contributed by atoms with E-state index >= 15 is 0 Å². The van der Waals surface area contributed by atoms with E-state index in [9.17, 15) is 4.79 Å². The molecule has 0 aliphatic carbocycles. The first-order valence-electron chi connectivity index (χ1n) is 7.23. The van der Waals surface area contributed by atoms with E-state index < -0.39 is 0 Å². The van der Waals surface area contributed by atoms with Crippen LogP contribution in [0.5, 0.6) is 0 Å². The van der Waals surface area contributed by atoms with Crippen LogP contribution >= 0.6 is 23.2 Å². The van der Waals surface area contributed by atoms with Crippen molar-refractivity contribution in [2.45, 2.75) is 13.5 Å². The second kappa shape index (κ2) is 7.03. The summed E-state index contributed by atoms with van der Waals surface area (Å²) in [6.45, 7) is 2.33. The highest BCUT2D eigenvalue weighted by atomic mass is 35.5. The van der Waals surface area contributed by atoms with Crippen molar-refractivity contribution >= 4 is 35.1 Å². The molecule has 0 radical (unpaired) electrons. The van der Waals surface area contributed by atoms with Gasteiger partial charge in [-0.25, -0.2) is 9.67 Å². The van der Waals surface area contributed by atoms with Crippen molar-refractivity contribution in [3.05, 3.63) is 75.5 Å². The molecule has 0 saturated carbocycles. The SMILES string of the molecule is Cc1ccc(C(=O)Nc2ncn(Cc3c(Cl)cccc3Cl)n2)cc1. The van der Waals surface area contributed by atoms with Crippen LogP contribution in [0.3, 0.4) is 0 Å². The average Bonchev–Trinajstić information content (AvgIpc) is 2.99. The van der Waals surface area contributed by atoms with E-state index in [1.165, 1.54) is 6.33 Å². The van der Waals surface area contributed by atoms with Crippen LogP contribution in [0.2, 0.25) is 10.0 Å². The van der Waals surface area contributed by atoms with Crippen molar-refractivity contribution in [1.82, 2.24) is 14.8 Å². The summed E-state index contributed by atoms with van der Waals surface area (Å²) in [6, 6.07) is 12.6. The molecule has 0 aliphatic rings. The average molecular weight is 361 g/mol. The maximum Gasteiger partial charge on any atom is 0.258 e. The van der Waals surface area contributed by atoms with Crippen molar-refractivity contribution in [3.8, 4) is 0 Å². The molecule has 0 bridgehead atoms. The molecule has 1 N–H and O–H groups in total. The Bertz CT molecular complexity index is 854. The number of rotatable bonds is 4. The van der Waals surface area contributed by atoms with Gasteiger partial charge >= 0.3 is 0 Å². The number of carbonyl (C=O) groups is 1. The van der Waals surface area contributed by atoms with Gasteiger partial charge in [0.25, 0.3) is 5.91 Å². The number of anilines is 1. The van der Waals surface area contributed by atoms with Crippen molar-refractivity contribution in [2.24, 2.45) is 0 Å². The van der Waals surface area contributed by atoms with Gasteiger partial charge in [0.15, 0.2) is 0 Å². The fourth-order valence-corrected chi connectivity index (χ4v) is 2.67. The lowest BCUT2D eigenvalue weighted by Crippen LogP contribution is -2.13. The van der Waals surface area contributed by atoms with E-state index in [2.05, 4.69) is 15.4 Å². The lowest BCUT2D eigenvalue weighted by molar-refractivity contribution is 0.102. The molecule has 1 amide bonds. The number of carbonyl (C=O) groups excluding carboxylic acids is 1. The van der Waals surface area contributed by atoms with Gasteiger partial charge in [-0.05, 0) is 31.2 Å². The maximum absolute atomic E-state index is 12.2. The molecule has 2 aromatic carbocycles. The van der Waals surface area contributed by atoms with Crippen LogP contribution in [0, 0.1) is 6.92 Å². The monoisotopic (exact) mass is 360 g/mol. The Hall–Kier alpha value is -2.37. The Morgan fingerprint density at radius 3 is 2.46 bits per heavy atom. The van der Waals surface area contributed by atoms with Gasteiger partial charge in [-0.2, -0.15) is 0 Å². The minimum absolute atomic E-state index is 0.226. The standard InChI is InChI=1S/C17H14Cl2N4O/c1-11-5-7-12(8-6-11)16(24)21-17-20-10-23(22-17)9-13-14(18)3-2-4-15(13)19/h2-8,10H,9H2,1H3,(H,21,22,24). The molecular formula is C17H14Cl2N4O. The third kappa shape index (κ3) is 3.75. The van der Waals surface area contributed by atoms with Crippen LogP contribution in [-0.4, -0.2) is 20.7 Å². The van der Waals surface area contributed by atoms with Gasteiger partial charge in [0.05, 0.1) is 6.54 Å². The zero-order valence-electron chi connectivity index (χ0n) is 12.8. The molecule has 0 atom stereocenters. The smallest absolute Gasteiger partial charge is 0.258 e. The minimum Gasteiger partial charge on any atom is -0.289 e. The number of aryl methyl sites for hydroxylation is 1. The number of amides is 1. The molecule has 24 heavy (non-hydrogen) atoms. The molecule has 1 heterocycles.